The van der Waals surface area contributed by atoms with Crippen molar-refractivity contribution in [3.8, 4) is 22.6 Å². The van der Waals surface area contributed by atoms with Gasteiger partial charge < -0.3 is 10.5 Å². The van der Waals surface area contributed by atoms with Crippen LogP contribution in [0.25, 0.3) is 11.1 Å². The first-order valence-electron chi connectivity index (χ1n) is 7.87. The van der Waals surface area contributed by atoms with Crippen LogP contribution in [0.1, 0.15) is 12.1 Å². The molecule has 3 rings (SSSR count). The summed E-state index contributed by atoms with van der Waals surface area (Å²) < 4.78 is 18.6. The van der Waals surface area contributed by atoms with Crippen molar-refractivity contribution in [3.63, 3.8) is 0 Å². The summed E-state index contributed by atoms with van der Waals surface area (Å²) in [6.07, 6.45) is 2.52. The number of nitrogens with zero attached hydrogens (tertiary/aromatic N) is 1. The van der Waals surface area contributed by atoms with E-state index in [2.05, 4.69) is 4.98 Å². The Balaban J connectivity index is 1.72. The van der Waals surface area contributed by atoms with Crippen LogP contribution in [0, 0.1) is 5.82 Å². The van der Waals surface area contributed by atoms with Crippen LogP contribution < -0.4 is 10.5 Å². The first kappa shape index (κ1) is 16.6. The number of amides is 1. The molecule has 0 aliphatic carbocycles. The second-order valence-electron chi connectivity index (χ2n) is 5.58. The highest BCUT2D eigenvalue weighted by atomic mass is 19.1. The summed E-state index contributed by atoms with van der Waals surface area (Å²) in [4.78, 5) is 15.1. The van der Waals surface area contributed by atoms with Gasteiger partial charge in [-0.3, -0.25) is 9.78 Å². The first-order chi connectivity index (χ1) is 12.1. The standard InChI is InChI=1S/C20H17FN2O2/c21-16-3-8-19(9-4-16)25-18-6-1-14(2-7-18)15-11-12-23-17(13-15)5-10-20(22)24/h1-4,6-9,11-13H,5,10H2,(H2,22,24). The summed E-state index contributed by atoms with van der Waals surface area (Å²) in [6, 6.07) is 17.3. The van der Waals surface area contributed by atoms with Gasteiger partial charge in [0, 0.05) is 18.3 Å². The molecule has 1 aromatic heterocycles. The van der Waals surface area contributed by atoms with Gasteiger partial charge in [0.05, 0.1) is 0 Å². The van der Waals surface area contributed by atoms with Gasteiger partial charge >= 0.3 is 0 Å². The molecular formula is C20H17FN2O2. The number of aromatic nitrogens is 1. The third kappa shape index (κ3) is 4.64. The summed E-state index contributed by atoms with van der Waals surface area (Å²) >= 11 is 0. The number of hydrogen-bond donors (Lipinski definition) is 1. The second kappa shape index (κ2) is 7.57. The molecule has 3 aromatic rings. The van der Waals surface area contributed by atoms with Crippen molar-refractivity contribution < 1.29 is 13.9 Å². The van der Waals surface area contributed by atoms with Crippen LogP contribution in [-0.4, -0.2) is 10.9 Å². The molecule has 0 aliphatic heterocycles. The molecule has 0 saturated carbocycles. The number of carbonyl (C=O) groups is 1. The third-order valence-corrected chi connectivity index (χ3v) is 3.68. The number of pyridine rings is 1. The molecule has 0 aliphatic rings. The lowest BCUT2D eigenvalue weighted by Crippen LogP contribution is -2.11. The number of primary amides is 1. The fourth-order valence-electron chi connectivity index (χ4n) is 2.40. The van der Waals surface area contributed by atoms with Gasteiger partial charge in [-0.2, -0.15) is 0 Å². The molecule has 126 valence electrons. The van der Waals surface area contributed by atoms with Gasteiger partial charge in [-0.1, -0.05) is 12.1 Å². The predicted molar refractivity (Wildman–Crippen MR) is 93.7 cm³/mol. The highest BCUT2D eigenvalue weighted by Gasteiger charge is 2.04. The lowest BCUT2D eigenvalue weighted by Gasteiger charge is -2.08. The zero-order valence-electron chi connectivity index (χ0n) is 13.5. The van der Waals surface area contributed by atoms with E-state index in [1.54, 1.807) is 18.3 Å². The molecule has 1 amide bonds. The Labute approximate surface area is 145 Å². The first-order valence-corrected chi connectivity index (χ1v) is 7.87. The Morgan fingerprint density at radius 2 is 1.60 bits per heavy atom. The van der Waals surface area contributed by atoms with Crippen LogP contribution in [-0.2, 0) is 11.2 Å². The van der Waals surface area contributed by atoms with Gasteiger partial charge in [-0.25, -0.2) is 4.39 Å². The predicted octanol–water partition coefficient (Wildman–Crippen LogP) is 4.10. The summed E-state index contributed by atoms with van der Waals surface area (Å²) in [5.74, 6) is 0.604. The fraction of sp³-hybridized carbons (Fsp3) is 0.100. The largest absolute Gasteiger partial charge is 0.457 e. The minimum Gasteiger partial charge on any atom is -0.457 e. The minimum absolute atomic E-state index is 0.279. The zero-order valence-corrected chi connectivity index (χ0v) is 13.5. The Morgan fingerprint density at radius 3 is 2.24 bits per heavy atom. The highest BCUT2D eigenvalue weighted by molar-refractivity contribution is 5.74. The molecule has 0 saturated heterocycles. The molecule has 2 aromatic carbocycles. The normalized spacial score (nSPS) is 10.4. The topological polar surface area (TPSA) is 65.2 Å². The van der Waals surface area contributed by atoms with E-state index in [0.29, 0.717) is 17.9 Å². The van der Waals surface area contributed by atoms with E-state index >= 15 is 0 Å². The summed E-state index contributed by atoms with van der Waals surface area (Å²) in [5.41, 5.74) is 8.01. The molecule has 25 heavy (non-hydrogen) atoms. The molecule has 0 fully saturated rings. The lowest BCUT2D eigenvalue weighted by molar-refractivity contribution is -0.118. The average Bonchev–Trinajstić information content (AvgIpc) is 2.63. The molecular weight excluding hydrogens is 319 g/mol. The van der Waals surface area contributed by atoms with E-state index in [1.165, 1.54) is 12.1 Å². The van der Waals surface area contributed by atoms with Gasteiger partial charge in [0.2, 0.25) is 5.91 Å². The number of halogens is 1. The fourth-order valence-corrected chi connectivity index (χ4v) is 2.40. The highest BCUT2D eigenvalue weighted by Crippen LogP contribution is 2.26. The number of benzene rings is 2. The molecule has 1 heterocycles. The van der Waals surface area contributed by atoms with E-state index < -0.39 is 0 Å². The van der Waals surface area contributed by atoms with Gasteiger partial charge in [-0.05, 0) is 66.1 Å². The van der Waals surface area contributed by atoms with Crippen LogP contribution in [0.2, 0.25) is 0 Å². The van der Waals surface area contributed by atoms with Crippen molar-refractivity contribution in [2.75, 3.05) is 0 Å². The van der Waals surface area contributed by atoms with E-state index in [9.17, 15) is 9.18 Å². The molecule has 2 N–H and O–H groups in total. The van der Waals surface area contributed by atoms with Crippen molar-refractivity contribution in [1.82, 2.24) is 4.98 Å². The molecule has 5 heteroatoms. The third-order valence-electron chi connectivity index (χ3n) is 3.68. The maximum Gasteiger partial charge on any atom is 0.217 e. The Kier molecular flexibility index (Phi) is 5.04. The van der Waals surface area contributed by atoms with Crippen LogP contribution in [0.15, 0.2) is 66.9 Å². The maximum atomic E-state index is 12.9. The van der Waals surface area contributed by atoms with E-state index in [-0.39, 0.29) is 18.1 Å². The van der Waals surface area contributed by atoms with Crippen LogP contribution >= 0.6 is 0 Å². The number of nitrogens with two attached hydrogens (primary N) is 1. The molecule has 0 spiro atoms. The second-order valence-corrected chi connectivity index (χ2v) is 5.58. The molecule has 0 bridgehead atoms. The smallest absolute Gasteiger partial charge is 0.217 e. The lowest BCUT2D eigenvalue weighted by atomic mass is 10.0. The van der Waals surface area contributed by atoms with Crippen molar-refractivity contribution in [2.45, 2.75) is 12.8 Å². The van der Waals surface area contributed by atoms with E-state index in [0.717, 1.165) is 16.8 Å². The Morgan fingerprint density at radius 1 is 0.960 bits per heavy atom. The number of aryl methyl sites for hydroxylation is 1. The van der Waals surface area contributed by atoms with Crippen molar-refractivity contribution in [3.05, 3.63) is 78.4 Å². The van der Waals surface area contributed by atoms with Crippen molar-refractivity contribution in [1.29, 1.82) is 0 Å². The quantitative estimate of drug-likeness (QED) is 0.737. The number of hydrogen-bond acceptors (Lipinski definition) is 3. The summed E-state index contributed by atoms with van der Waals surface area (Å²) in [6.45, 7) is 0. The number of ether oxygens (including phenoxy) is 1. The van der Waals surface area contributed by atoms with Crippen LogP contribution in [0.3, 0.4) is 0 Å². The molecule has 0 atom stereocenters. The minimum atomic E-state index is -0.338. The van der Waals surface area contributed by atoms with Gasteiger partial charge in [-0.15, -0.1) is 0 Å². The molecule has 0 radical (unpaired) electrons. The van der Waals surface area contributed by atoms with Crippen LogP contribution in [0.5, 0.6) is 11.5 Å². The van der Waals surface area contributed by atoms with Crippen molar-refractivity contribution in [2.24, 2.45) is 5.73 Å². The molecule has 0 unspecified atom stereocenters. The van der Waals surface area contributed by atoms with E-state index in [1.807, 2.05) is 36.4 Å². The van der Waals surface area contributed by atoms with E-state index in [4.69, 9.17) is 10.5 Å². The number of carbonyl (C=O) groups excluding carboxylic acids is 1. The monoisotopic (exact) mass is 336 g/mol. The van der Waals surface area contributed by atoms with Gasteiger partial charge in [0.15, 0.2) is 0 Å². The molecule has 4 nitrogen and oxygen atoms in total. The summed E-state index contributed by atoms with van der Waals surface area (Å²) in [7, 11) is 0. The maximum absolute atomic E-state index is 12.9. The van der Waals surface area contributed by atoms with Crippen LogP contribution in [0.4, 0.5) is 4.39 Å². The zero-order chi connectivity index (χ0) is 17.6. The summed E-state index contributed by atoms with van der Waals surface area (Å²) in [5, 5.41) is 0. The van der Waals surface area contributed by atoms with Gasteiger partial charge in [0.25, 0.3) is 0 Å². The number of rotatable bonds is 6. The SMILES string of the molecule is NC(=O)CCc1cc(-c2ccc(Oc3ccc(F)cc3)cc2)ccn1. The van der Waals surface area contributed by atoms with Crippen molar-refractivity contribution >= 4 is 5.91 Å². The Hall–Kier alpha value is -3.21. The average molecular weight is 336 g/mol. The Bertz CT molecular complexity index is 862. The van der Waals surface area contributed by atoms with Gasteiger partial charge in [0.1, 0.15) is 17.3 Å².